The number of hydrogen-bond donors (Lipinski definition) is 2. The smallest absolute Gasteiger partial charge is 0.234 e. The number of fused-ring (bicyclic) bond motifs is 3. The molecule has 1 aliphatic rings. The first-order chi connectivity index (χ1) is 13.6. The minimum absolute atomic E-state index is 0.110. The predicted molar refractivity (Wildman–Crippen MR) is 114 cm³/mol. The number of hydrogen-bond acceptors (Lipinski definition) is 6. The van der Waals surface area contributed by atoms with E-state index in [0.29, 0.717) is 11.4 Å². The van der Waals surface area contributed by atoms with Gasteiger partial charge in [-0.25, -0.2) is 9.97 Å². The molecule has 144 valence electrons. The fraction of sp³-hybridized carbons (Fsp3) is 0.300. The van der Waals surface area contributed by atoms with Gasteiger partial charge in [-0.05, 0) is 49.4 Å². The summed E-state index contributed by atoms with van der Waals surface area (Å²) < 4.78 is 0. The predicted octanol–water partition coefficient (Wildman–Crippen LogP) is 4.26. The van der Waals surface area contributed by atoms with Gasteiger partial charge >= 0.3 is 0 Å². The highest BCUT2D eigenvalue weighted by atomic mass is 32.2. The number of amides is 2. The zero-order valence-electron chi connectivity index (χ0n) is 15.4. The van der Waals surface area contributed by atoms with Crippen molar-refractivity contribution >= 4 is 56.5 Å². The molecule has 3 aromatic rings. The van der Waals surface area contributed by atoms with Gasteiger partial charge in [0.05, 0.1) is 5.75 Å². The third-order valence-electron chi connectivity index (χ3n) is 4.52. The van der Waals surface area contributed by atoms with Crippen molar-refractivity contribution in [1.29, 1.82) is 0 Å². The van der Waals surface area contributed by atoms with Crippen LogP contribution in [0.5, 0.6) is 0 Å². The molecular weight excluding hydrogens is 392 g/mol. The van der Waals surface area contributed by atoms with Gasteiger partial charge in [0.2, 0.25) is 11.8 Å². The third kappa shape index (κ3) is 4.18. The van der Waals surface area contributed by atoms with Crippen molar-refractivity contribution in [3.63, 3.8) is 0 Å². The van der Waals surface area contributed by atoms with Gasteiger partial charge in [-0.2, -0.15) is 0 Å². The average Bonchev–Trinajstić information content (AvgIpc) is 3.05. The molecule has 6 nitrogen and oxygen atoms in total. The lowest BCUT2D eigenvalue weighted by Crippen LogP contribution is -2.14. The molecule has 0 spiro atoms. The van der Waals surface area contributed by atoms with E-state index in [4.69, 9.17) is 0 Å². The molecule has 1 aromatic carbocycles. The Bertz CT molecular complexity index is 1050. The number of carbonyl (C=O) groups is 2. The zero-order chi connectivity index (χ0) is 19.5. The highest BCUT2D eigenvalue weighted by Gasteiger charge is 2.20. The van der Waals surface area contributed by atoms with E-state index in [-0.39, 0.29) is 17.6 Å². The molecule has 0 aliphatic heterocycles. The van der Waals surface area contributed by atoms with Crippen molar-refractivity contribution in [2.75, 3.05) is 16.4 Å². The van der Waals surface area contributed by atoms with Gasteiger partial charge in [0, 0.05) is 28.6 Å². The molecule has 0 unspecified atom stereocenters. The number of thioether (sulfide) groups is 1. The summed E-state index contributed by atoms with van der Waals surface area (Å²) in [5.41, 5.74) is 2.68. The normalized spacial score (nSPS) is 13.2. The van der Waals surface area contributed by atoms with E-state index in [1.165, 1.54) is 42.0 Å². The summed E-state index contributed by atoms with van der Waals surface area (Å²) in [5, 5.41) is 7.60. The third-order valence-corrected chi connectivity index (χ3v) is 6.71. The van der Waals surface area contributed by atoms with Crippen LogP contribution in [-0.2, 0) is 22.4 Å². The van der Waals surface area contributed by atoms with Crippen molar-refractivity contribution in [3.8, 4) is 0 Å². The maximum absolute atomic E-state index is 12.4. The Morgan fingerprint density at radius 1 is 1.14 bits per heavy atom. The van der Waals surface area contributed by atoms with Crippen LogP contribution in [0.25, 0.3) is 10.2 Å². The Hall–Kier alpha value is -2.45. The summed E-state index contributed by atoms with van der Waals surface area (Å²) in [4.78, 5) is 34.9. The van der Waals surface area contributed by atoms with Gasteiger partial charge < -0.3 is 10.6 Å². The number of rotatable bonds is 5. The molecule has 8 heteroatoms. The molecule has 2 heterocycles. The van der Waals surface area contributed by atoms with Crippen LogP contribution in [-0.4, -0.2) is 27.5 Å². The Morgan fingerprint density at radius 3 is 2.75 bits per heavy atom. The minimum atomic E-state index is -0.147. The van der Waals surface area contributed by atoms with E-state index in [0.717, 1.165) is 28.1 Å². The lowest BCUT2D eigenvalue weighted by Gasteiger charge is -2.11. The maximum atomic E-state index is 12.4. The van der Waals surface area contributed by atoms with E-state index in [1.807, 2.05) is 0 Å². The van der Waals surface area contributed by atoms with Crippen LogP contribution in [0, 0.1) is 0 Å². The topological polar surface area (TPSA) is 84.0 Å². The Labute approximate surface area is 171 Å². The Morgan fingerprint density at radius 2 is 1.93 bits per heavy atom. The quantitative estimate of drug-likeness (QED) is 0.483. The largest absolute Gasteiger partial charge is 0.326 e. The van der Waals surface area contributed by atoms with E-state index >= 15 is 0 Å². The molecule has 0 saturated carbocycles. The van der Waals surface area contributed by atoms with Crippen LogP contribution in [0.3, 0.4) is 0 Å². The van der Waals surface area contributed by atoms with Gasteiger partial charge in [-0.1, -0.05) is 17.8 Å². The molecule has 4 rings (SSSR count). The van der Waals surface area contributed by atoms with Crippen LogP contribution < -0.4 is 10.6 Å². The molecule has 0 saturated heterocycles. The molecule has 28 heavy (non-hydrogen) atoms. The second-order valence-corrected chi connectivity index (χ2v) is 8.72. The van der Waals surface area contributed by atoms with Gasteiger partial charge in [0.25, 0.3) is 0 Å². The number of aromatic nitrogens is 2. The highest BCUT2D eigenvalue weighted by Crippen LogP contribution is 2.39. The Kier molecular flexibility index (Phi) is 5.59. The summed E-state index contributed by atoms with van der Waals surface area (Å²) in [6, 6.07) is 7.11. The molecule has 0 radical (unpaired) electrons. The number of carbonyl (C=O) groups excluding carboxylic acids is 2. The van der Waals surface area contributed by atoms with Crippen LogP contribution in [0.4, 0.5) is 11.4 Å². The number of aryl methyl sites for hydroxylation is 2. The molecule has 0 atom stereocenters. The van der Waals surface area contributed by atoms with E-state index in [9.17, 15) is 9.59 Å². The number of thiophene rings is 1. The molecule has 0 bridgehead atoms. The highest BCUT2D eigenvalue weighted by molar-refractivity contribution is 8.00. The van der Waals surface area contributed by atoms with E-state index < -0.39 is 0 Å². The van der Waals surface area contributed by atoms with Crippen LogP contribution in [0.2, 0.25) is 0 Å². The molecule has 2 aromatic heterocycles. The zero-order valence-corrected chi connectivity index (χ0v) is 17.1. The van der Waals surface area contributed by atoms with Crippen molar-refractivity contribution in [2.24, 2.45) is 0 Å². The van der Waals surface area contributed by atoms with Gasteiger partial charge in [0.15, 0.2) is 0 Å². The first kappa shape index (κ1) is 18.9. The second kappa shape index (κ2) is 8.28. The Balaban J connectivity index is 1.45. The summed E-state index contributed by atoms with van der Waals surface area (Å²) >= 11 is 3.20. The molecular formula is C20H20N4O2S2. The standard InChI is InChI=1S/C20H20N4O2S2/c1-12(25)23-13-5-4-6-14(9-13)24-17(26)10-27-19-18-15-7-2-3-8-16(15)28-20(18)22-11-21-19/h4-6,9,11H,2-3,7-8,10H2,1H3,(H,23,25)(H,24,26). The van der Waals surface area contributed by atoms with Crippen LogP contribution in [0.1, 0.15) is 30.2 Å². The second-order valence-electron chi connectivity index (χ2n) is 6.67. The average molecular weight is 413 g/mol. The molecule has 2 N–H and O–H groups in total. The van der Waals surface area contributed by atoms with Crippen molar-refractivity contribution in [3.05, 3.63) is 41.0 Å². The fourth-order valence-corrected chi connectivity index (χ4v) is 5.50. The van der Waals surface area contributed by atoms with Crippen molar-refractivity contribution in [1.82, 2.24) is 9.97 Å². The summed E-state index contributed by atoms with van der Waals surface area (Å²) in [7, 11) is 0. The first-order valence-electron chi connectivity index (χ1n) is 9.15. The number of benzene rings is 1. The monoisotopic (exact) mass is 412 g/mol. The summed E-state index contributed by atoms with van der Waals surface area (Å²) in [6.07, 6.45) is 6.20. The minimum Gasteiger partial charge on any atom is -0.326 e. The number of nitrogens with one attached hydrogen (secondary N) is 2. The maximum Gasteiger partial charge on any atom is 0.234 e. The van der Waals surface area contributed by atoms with Crippen LogP contribution in [0.15, 0.2) is 35.6 Å². The van der Waals surface area contributed by atoms with Crippen LogP contribution >= 0.6 is 23.1 Å². The van der Waals surface area contributed by atoms with E-state index in [1.54, 1.807) is 41.9 Å². The SMILES string of the molecule is CC(=O)Nc1cccc(NC(=O)CSc2ncnc3sc4c(c23)CCCC4)c1. The van der Waals surface area contributed by atoms with Crippen molar-refractivity contribution < 1.29 is 9.59 Å². The lowest BCUT2D eigenvalue weighted by atomic mass is 9.97. The number of anilines is 2. The fourth-order valence-electron chi connectivity index (χ4n) is 3.38. The number of nitrogens with zero attached hydrogens (tertiary/aromatic N) is 2. The summed E-state index contributed by atoms with van der Waals surface area (Å²) in [5.74, 6) is 0.00733. The van der Waals surface area contributed by atoms with Gasteiger partial charge in [-0.3, -0.25) is 9.59 Å². The summed E-state index contributed by atoms with van der Waals surface area (Å²) in [6.45, 7) is 1.45. The van der Waals surface area contributed by atoms with Gasteiger partial charge in [-0.15, -0.1) is 11.3 Å². The van der Waals surface area contributed by atoms with E-state index in [2.05, 4.69) is 20.6 Å². The molecule has 1 aliphatic carbocycles. The lowest BCUT2D eigenvalue weighted by molar-refractivity contribution is -0.114. The first-order valence-corrected chi connectivity index (χ1v) is 11.0. The van der Waals surface area contributed by atoms with Gasteiger partial charge in [0.1, 0.15) is 16.2 Å². The molecule has 0 fully saturated rings. The van der Waals surface area contributed by atoms with Crippen molar-refractivity contribution in [2.45, 2.75) is 37.6 Å². The molecule has 2 amide bonds.